The van der Waals surface area contributed by atoms with Crippen LogP contribution in [0.3, 0.4) is 0 Å². The molecule has 0 radical (unpaired) electrons. The van der Waals surface area contributed by atoms with Crippen LogP contribution in [0.5, 0.6) is 0 Å². The quantitative estimate of drug-likeness (QED) is 0.546. The minimum atomic E-state index is -0.206. The first-order chi connectivity index (χ1) is 13.6. The van der Waals surface area contributed by atoms with Crippen molar-refractivity contribution in [1.82, 2.24) is 20.0 Å². The number of piperazine rings is 1. The fourth-order valence-electron chi connectivity index (χ4n) is 4.54. The second-order valence-electron chi connectivity index (χ2n) is 8.69. The van der Waals surface area contributed by atoms with Crippen LogP contribution in [0.15, 0.2) is 4.99 Å². The van der Waals surface area contributed by atoms with Gasteiger partial charge in [0.15, 0.2) is 5.96 Å². The number of hydrogen-bond acceptors (Lipinski definition) is 4. The van der Waals surface area contributed by atoms with Gasteiger partial charge in [0, 0.05) is 51.9 Å². The summed E-state index contributed by atoms with van der Waals surface area (Å²) in [6.45, 7) is 14.7. The largest absolute Gasteiger partial charge is 0.368 e. The van der Waals surface area contributed by atoms with Gasteiger partial charge in [0.05, 0.1) is 6.54 Å². The summed E-state index contributed by atoms with van der Waals surface area (Å²) in [6, 6.07) is 0.568. The van der Waals surface area contributed by atoms with Gasteiger partial charge < -0.3 is 19.9 Å². The zero-order chi connectivity index (χ0) is 19.9. The molecule has 0 aromatic heterocycles. The number of amides is 1. The van der Waals surface area contributed by atoms with Crippen LogP contribution in [0.2, 0.25) is 0 Å². The van der Waals surface area contributed by atoms with Crippen LogP contribution in [0.1, 0.15) is 46.5 Å². The molecule has 0 aromatic carbocycles. The minimum Gasteiger partial charge on any atom is -0.368 e. The molecule has 1 N–H and O–H groups in total. The van der Waals surface area contributed by atoms with Gasteiger partial charge in [-0.25, -0.2) is 0 Å². The van der Waals surface area contributed by atoms with Gasteiger partial charge in [0.1, 0.15) is 6.10 Å². The molecule has 3 aliphatic heterocycles. The van der Waals surface area contributed by atoms with Gasteiger partial charge in [-0.3, -0.25) is 14.7 Å². The molecule has 0 bridgehead atoms. The van der Waals surface area contributed by atoms with E-state index in [9.17, 15) is 4.79 Å². The first-order valence-electron chi connectivity index (χ1n) is 11.3. The third kappa shape index (κ3) is 5.60. The first kappa shape index (κ1) is 21.4. The highest BCUT2D eigenvalue weighted by Gasteiger charge is 2.31. The topological polar surface area (TPSA) is 60.4 Å². The third-order valence-corrected chi connectivity index (χ3v) is 5.98. The SMILES string of the molecule is CCNC(=NC[C@H]1CCCN1CC(C)C)N1CCN(C(=O)C2CCCO2)CC1. The van der Waals surface area contributed by atoms with Gasteiger partial charge in [-0.15, -0.1) is 0 Å². The number of carbonyl (C=O) groups is 1. The zero-order valence-electron chi connectivity index (χ0n) is 18.0. The average molecular weight is 394 g/mol. The van der Waals surface area contributed by atoms with Crippen LogP contribution < -0.4 is 5.32 Å². The highest BCUT2D eigenvalue weighted by atomic mass is 16.5. The molecule has 7 nitrogen and oxygen atoms in total. The Morgan fingerprint density at radius 3 is 2.50 bits per heavy atom. The van der Waals surface area contributed by atoms with Crippen molar-refractivity contribution in [3.05, 3.63) is 0 Å². The summed E-state index contributed by atoms with van der Waals surface area (Å²) < 4.78 is 5.57. The molecule has 2 atom stereocenters. The third-order valence-electron chi connectivity index (χ3n) is 5.98. The molecule has 3 saturated heterocycles. The number of aliphatic imine (C=N–C) groups is 1. The van der Waals surface area contributed by atoms with Crippen LogP contribution >= 0.6 is 0 Å². The standard InChI is InChI=1S/C21H39N5O2/c1-4-22-21(23-15-18-7-5-9-26(18)16-17(2)3)25-12-10-24(11-13-25)20(27)19-8-6-14-28-19/h17-19H,4-16H2,1-3H3,(H,22,23)/t18-,19?/m1/s1. The maximum Gasteiger partial charge on any atom is 0.251 e. The summed E-state index contributed by atoms with van der Waals surface area (Å²) in [6.07, 6.45) is 4.20. The molecule has 0 aromatic rings. The van der Waals surface area contributed by atoms with E-state index in [0.717, 1.165) is 64.7 Å². The first-order valence-corrected chi connectivity index (χ1v) is 11.3. The zero-order valence-corrected chi connectivity index (χ0v) is 18.0. The van der Waals surface area contributed by atoms with Crippen LogP contribution in [0, 0.1) is 5.92 Å². The van der Waals surface area contributed by atoms with E-state index in [4.69, 9.17) is 9.73 Å². The lowest BCUT2D eigenvalue weighted by Gasteiger charge is -2.37. The van der Waals surface area contributed by atoms with E-state index in [1.165, 1.54) is 25.9 Å². The van der Waals surface area contributed by atoms with E-state index in [0.29, 0.717) is 12.0 Å². The lowest BCUT2D eigenvalue weighted by Crippen LogP contribution is -2.55. The van der Waals surface area contributed by atoms with E-state index in [-0.39, 0.29) is 12.0 Å². The number of guanidine groups is 1. The number of ether oxygens (including phenoxy) is 1. The Balaban J connectivity index is 1.52. The van der Waals surface area contributed by atoms with Crippen molar-refractivity contribution in [2.24, 2.45) is 10.9 Å². The molecular weight excluding hydrogens is 354 g/mol. The predicted molar refractivity (Wildman–Crippen MR) is 113 cm³/mol. The highest BCUT2D eigenvalue weighted by molar-refractivity contribution is 5.82. The summed E-state index contributed by atoms with van der Waals surface area (Å²) in [5.41, 5.74) is 0. The minimum absolute atomic E-state index is 0.175. The van der Waals surface area contributed by atoms with E-state index < -0.39 is 0 Å². The predicted octanol–water partition coefficient (Wildman–Crippen LogP) is 1.40. The molecule has 0 aliphatic carbocycles. The molecule has 0 spiro atoms. The van der Waals surface area contributed by atoms with Crippen LogP contribution in [0.25, 0.3) is 0 Å². The number of rotatable bonds is 6. The Morgan fingerprint density at radius 2 is 1.86 bits per heavy atom. The molecule has 3 fully saturated rings. The van der Waals surface area contributed by atoms with Gasteiger partial charge in [-0.1, -0.05) is 13.8 Å². The molecule has 3 rings (SSSR count). The summed E-state index contributed by atoms with van der Waals surface area (Å²) in [5.74, 6) is 1.88. The number of nitrogens with one attached hydrogen (secondary N) is 1. The molecule has 0 saturated carbocycles. The maximum absolute atomic E-state index is 12.6. The van der Waals surface area contributed by atoms with Crippen LogP contribution in [-0.4, -0.2) is 97.7 Å². The molecule has 1 unspecified atom stereocenters. The van der Waals surface area contributed by atoms with E-state index in [2.05, 4.69) is 35.9 Å². The van der Waals surface area contributed by atoms with Gasteiger partial charge in [0.2, 0.25) is 0 Å². The van der Waals surface area contributed by atoms with Crippen molar-refractivity contribution < 1.29 is 9.53 Å². The maximum atomic E-state index is 12.6. The van der Waals surface area contributed by atoms with Crippen LogP contribution in [0.4, 0.5) is 0 Å². The van der Waals surface area contributed by atoms with E-state index in [1.54, 1.807) is 0 Å². The van der Waals surface area contributed by atoms with Crippen molar-refractivity contribution in [2.75, 3.05) is 59.0 Å². The van der Waals surface area contributed by atoms with Crippen LogP contribution in [-0.2, 0) is 9.53 Å². The fourth-order valence-corrected chi connectivity index (χ4v) is 4.54. The Kier molecular flexibility index (Phi) is 7.97. The average Bonchev–Trinajstić information content (AvgIpc) is 3.36. The normalized spacial score (nSPS) is 27.1. The van der Waals surface area contributed by atoms with Gasteiger partial charge in [-0.05, 0) is 45.1 Å². The molecule has 3 aliphatic rings. The number of carbonyl (C=O) groups excluding carboxylic acids is 1. The Morgan fingerprint density at radius 1 is 1.11 bits per heavy atom. The van der Waals surface area contributed by atoms with Crippen molar-refractivity contribution in [3.63, 3.8) is 0 Å². The number of hydrogen-bond donors (Lipinski definition) is 1. The van der Waals surface area contributed by atoms with Gasteiger partial charge >= 0.3 is 0 Å². The Bertz CT molecular complexity index is 525. The summed E-state index contributed by atoms with van der Waals surface area (Å²) >= 11 is 0. The molecular formula is C21H39N5O2. The molecule has 28 heavy (non-hydrogen) atoms. The summed E-state index contributed by atoms with van der Waals surface area (Å²) in [5, 5.41) is 3.46. The lowest BCUT2D eigenvalue weighted by molar-refractivity contribution is -0.142. The Labute approximate surface area is 170 Å². The summed E-state index contributed by atoms with van der Waals surface area (Å²) in [7, 11) is 0. The van der Waals surface area contributed by atoms with Crippen molar-refractivity contribution in [3.8, 4) is 0 Å². The summed E-state index contributed by atoms with van der Waals surface area (Å²) in [4.78, 5) is 24.4. The lowest BCUT2D eigenvalue weighted by atomic mass is 10.2. The van der Waals surface area contributed by atoms with Crippen molar-refractivity contribution in [1.29, 1.82) is 0 Å². The second kappa shape index (κ2) is 10.4. The second-order valence-corrected chi connectivity index (χ2v) is 8.69. The van der Waals surface area contributed by atoms with Gasteiger partial charge in [0.25, 0.3) is 5.91 Å². The highest BCUT2D eigenvalue weighted by Crippen LogP contribution is 2.19. The van der Waals surface area contributed by atoms with Crippen molar-refractivity contribution in [2.45, 2.75) is 58.6 Å². The number of likely N-dealkylation sites (tertiary alicyclic amines) is 1. The monoisotopic (exact) mass is 393 g/mol. The smallest absolute Gasteiger partial charge is 0.251 e. The molecule has 1 amide bonds. The van der Waals surface area contributed by atoms with E-state index in [1.807, 2.05) is 4.90 Å². The molecule has 7 heteroatoms. The Hall–Kier alpha value is -1.34. The fraction of sp³-hybridized carbons (Fsp3) is 0.905. The number of nitrogens with zero attached hydrogens (tertiary/aromatic N) is 4. The molecule has 160 valence electrons. The van der Waals surface area contributed by atoms with Crippen molar-refractivity contribution >= 4 is 11.9 Å². The molecule has 3 heterocycles. The van der Waals surface area contributed by atoms with Gasteiger partial charge in [-0.2, -0.15) is 0 Å². The van der Waals surface area contributed by atoms with E-state index >= 15 is 0 Å².